The van der Waals surface area contributed by atoms with Crippen LogP contribution in [-0.2, 0) is 5.54 Å². The third-order valence-corrected chi connectivity index (χ3v) is 3.81. The first-order valence-corrected chi connectivity index (χ1v) is 6.40. The number of hydrogen-bond acceptors (Lipinski definition) is 2. The molecule has 18 heavy (non-hydrogen) atoms. The first-order valence-electron chi connectivity index (χ1n) is 6.40. The number of nitrogens with two attached hydrogens (primary N) is 1. The molecule has 2 N–H and O–H groups in total. The van der Waals surface area contributed by atoms with Gasteiger partial charge in [-0.2, -0.15) is 0 Å². The Morgan fingerprint density at radius 1 is 1.11 bits per heavy atom. The lowest BCUT2D eigenvalue weighted by atomic mass is 9.77. The van der Waals surface area contributed by atoms with E-state index < -0.39 is 17.2 Å². The highest BCUT2D eigenvalue weighted by atomic mass is 19.2. The Morgan fingerprint density at radius 3 is 2.28 bits per heavy atom. The minimum Gasteiger partial charge on any atom is -0.375 e. The maximum atomic E-state index is 13.7. The summed E-state index contributed by atoms with van der Waals surface area (Å²) in [6, 6.07) is 2.94. The van der Waals surface area contributed by atoms with Gasteiger partial charge in [0.2, 0.25) is 0 Å². The van der Waals surface area contributed by atoms with Crippen molar-refractivity contribution in [2.24, 2.45) is 5.73 Å². The van der Waals surface area contributed by atoms with Crippen LogP contribution >= 0.6 is 0 Å². The lowest BCUT2D eigenvalue weighted by Crippen LogP contribution is -2.39. The summed E-state index contributed by atoms with van der Waals surface area (Å²) >= 11 is 0. The summed E-state index contributed by atoms with van der Waals surface area (Å²) in [7, 11) is 3.40. The van der Waals surface area contributed by atoms with Gasteiger partial charge in [-0.1, -0.05) is 19.3 Å². The number of anilines is 1. The SMILES string of the molecule is CN(C)c1cc(C2(N)CCCCC2)cc(F)c1F. The van der Waals surface area contributed by atoms with Crippen LogP contribution in [0.4, 0.5) is 14.5 Å². The molecule has 0 bridgehead atoms. The Balaban J connectivity index is 2.45. The Bertz CT molecular complexity index is 438. The summed E-state index contributed by atoms with van der Waals surface area (Å²) in [6.45, 7) is 0. The standard InChI is InChI=1S/C14H20F2N2/c1-18(2)12-9-10(8-11(15)13(12)16)14(17)6-4-3-5-7-14/h8-9H,3-7,17H2,1-2H3. The van der Waals surface area contributed by atoms with Crippen molar-refractivity contribution in [1.29, 1.82) is 0 Å². The third-order valence-electron chi connectivity index (χ3n) is 3.81. The molecule has 0 spiro atoms. The number of halogens is 2. The van der Waals surface area contributed by atoms with E-state index in [1.165, 1.54) is 12.5 Å². The lowest BCUT2D eigenvalue weighted by molar-refractivity contribution is 0.301. The van der Waals surface area contributed by atoms with E-state index in [4.69, 9.17) is 5.73 Å². The summed E-state index contributed by atoms with van der Waals surface area (Å²) < 4.78 is 27.3. The molecule has 1 aromatic carbocycles. The maximum absolute atomic E-state index is 13.7. The van der Waals surface area contributed by atoms with E-state index >= 15 is 0 Å². The molecule has 2 nitrogen and oxygen atoms in total. The average Bonchev–Trinajstić information content (AvgIpc) is 2.33. The second-order valence-electron chi connectivity index (χ2n) is 5.40. The first-order chi connectivity index (χ1) is 8.44. The predicted octanol–water partition coefficient (Wildman–Crippen LogP) is 3.15. The molecule has 0 amide bonds. The Labute approximate surface area is 107 Å². The molecule has 0 atom stereocenters. The highest BCUT2D eigenvalue weighted by Gasteiger charge is 2.31. The Morgan fingerprint density at radius 2 is 1.72 bits per heavy atom. The second-order valence-corrected chi connectivity index (χ2v) is 5.40. The minimum atomic E-state index is -0.813. The molecular formula is C14H20F2N2. The average molecular weight is 254 g/mol. The molecule has 1 saturated carbocycles. The van der Waals surface area contributed by atoms with Crippen molar-refractivity contribution in [2.45, 2.75) is 37.6 Å². The van der Waals surface area contributed by atoms with Crippen LogP contribution in [0.15, 0.2) is 12.1 Å². The van der Waals surface area contributed by atoms with Gasteiger partial charge in [0.05, 0.1) is 5.69 Å². The first kappa shape index (κ1) is 13.3. The molecule has 4 heteroatoms. The quantitative estimate of drug-likeness (QED) is 0.878. The molecule has 0 radical (unpaired) electrons. The summed E-state index contributed by atoms with van der Waals surface area (Å²) in [5.74, 6) is -1.62. The molecule has 1 aliphatic rings. The van der Waals surface area contributed by atoms with Crippen LogP contribution in [0.25, 0.3) is 0 Å². The fourth-order valence-corrected chi connectivity index (χ4v) is 2.66. The molecule has 0 unspecified atom stereocenters. The third kappa shape index (κ3) is 2.34. The van der Waals surface area contributed by atoms with Gasteiger partial charge in [0.1, 0.15) is 0 Å². The number of hydrogen-bond donors (Lipinski definition) is 1. The van der Waals surface area contributed by atoms with Gasteiger partial charge < -0.3 is 10.6 Å². The minimum absolute atomic E-state index is 0.264. The van der Waals surface area contributed by atoms with Gasteiger partial charge in [-0.05, 0) is 30.5 Å². The van der Waals surface area contributed by atoms with Crippen LogP contribution < -0.4 is 10.6 Å². The van der Waals surface area contributed by atoms with E-state index in [1.807, 2.05) is 0 Å². The van der Waals surface area contributed by atoms with E-state index in [0.717, 1.165) is 25.7 Å². The van der Waals surface area contributed by atoms with Gasteiger partial charge in [0, 0.05) is 19.6 Å². The van der Waals surface area contributed by atoms with Gasteiger partial charge in [0.15, 0.2) is 11.6 Å². The predicted molar refractivity (Wildman–Crippen MR) is 69.6 cm³/mol. The molecule has 0 aliphatic heterocycles. The second kappa shape index (κ2) is 4.84. The highest BCUT2D eigenvalue weighted by molar-refractivity contribution is 5.51. The van der Waals surface area contributed by atoms with Crippen molar-refractivity contribution in [1.82, 2.24) is 0 Å². The lowest BCUT2D eigenvalue weighted by Gasteiger charge is -2.34. The van der Waals surface area contributed by atoms with E-state index in [1.54, 1.807) is 25.1 Å². The molecule has 2 rings (SSSR count). The number of rotatable bonds is 2. The largest absolute Gasteiger partial charge is 0.375 e. The van der Waals surface area contributed by atoms with E-state index in [-0.39, 0.29) is 5.69 Å². The van der Waals surface area contributed by atoms with Crippen molar-refractivity contribution in [3.8, 4) is 0 Å². The molecule has 1 fully saturated rings. The van der Waals surface area contributed by atoms with E-state index in [9.17, 15) is 8.78 Å². The van der Waals surface area contributed by atoms with Crippen LogP contribution in [-0.4, -0.2) is 14.1 Å². The summed E-state index contributed by atoms with van der Waals surface area (Å²) in [6.07, 6.45) is 4.94. The monoisotopic (exact) mass is 254 g/mol. The van der Waals surface area contributed by atoms with Crippen LogP contribution in [0.1, 0.15) is 37.7 Å². The summed E-state index contributed by atoms with van der Waals surface area (Å²) in [5, 5.41) is 0. The van der Waals surface area contributed by atoms with Gasteiger partial charge >= 0.3 is 0 Å². The normalized spacial score (nSPS) is 18.7. The Kier molecular flexibility index (Phi) is 3.57. The molecule has 1 aromatic rings. The van der Waals surface area contributed by atoms with Gasteiger partial charge in [-0.15, -0.1) is 0 Å². The molecule has 0 saturated heterocycles. The van der Waals surface area contributed by atoms with Crippen molar-refractivity contribution < 1.29 is 8.78 Å². The molecule has 100 valence electrons. The van der Waals surface area contributed by atoms with E-state index in [0.29, 0.717) is 5.56 Å². The van der Waals surface area contributed by atoms with Crippen molar-refractivity contribution >= 4 is 5.69 Å². The fraction of sp³-hybridized carbons (Fsp3) is 0.571. The van der Waals surface area contributed by atoms with Crippen molar-refractivity contribution in [3.63, 3.8) is 0 Å². The van der Waals surface area contributed by atoms with Crippen LogP contribution in [0.2, 0.25) is 0 Å². The zero-order chi connectivity index (χ0) is 13.3. The van der Waals surface area contributed by atoms with Crippen molar-refractivity contribution in [2.75, 3.05) is 19.0 Å². The topological polar surface area (TPSA) is 29.3 Å². The fourth-order valence-electron chi connectivity index (χ4n) is 2.66. The Hall–Kier alpha value is -1.16. The highest BCUT2D eigenvalue weighted by Crippen LogP contribution is 2.37. The van der Waals surface area contributed by atoms with Crippen molar-refractivity contribution in [3.05, 3.63) is 29.3 Å². The van der Waals surface area contributed by atoms with Gasteiger partial charge in [0.25, 0.3) is 0 Å². The maximum Gasteiger partial charge on any atom is 0.182 e. The molecule has 1 aliphatic carbocycles. The smallest absolute Gasteiger partial charge is 0.182 e. The van der Waals surface area contributed by atoms with Crippen LogP contribution in [0.5, 0.6) is 0 Å². The van der Waals surface area contributed by atoms with Gasteiger partial charge in [-0.25, -0.2) is 8.78 Å². The molecule has 0 heterocycles. The zero-order valence-corrected chi connectivity index (χ0v) is 11.0. The van der Waals surface area contributed by atoms with E-state index in [2.05, 4.69) is 0 Å². The van der Waals surface area contributed by atoms with Crippen LogP contribution in [0, 0.1) is 11.6 Å². The number of nitrogens with zero attached hydrogens (tertiary/aromatic N) is 1. The number of benzene rings is 1. The van der Waals surface area contributed by atoms with Crippen LogP contribution in [0.3, 0.4) is 0 Å². The summed E-state index contributed by atoms with van der Waals surface area (Å²) in [5.41, 5.74) is 6.84. The zero-order valence-electron chi connectivity index (χ0n) is 11.0. The summed E-state index contributed by atoms with van der Waals surface area (Å²) in [4.78, 5) is 1.58. The van der Waals surface area contributed by atoms with Gasteiger partial charge in [-0.3, -0.25) is 0 Å². The molecular weight excluding hydrogens is 234 g/mol. The molecule has 0 aromatic heterocycles.